The number of aromatic nitrogens is 2. The van der Waals surface area contributed by atoms with Crippen molar-refractivity contribution in [3.8, 4) is 0 Å². The highest BCUT2D eigenvalue weighted by Crippen LogP contribution is 2.26. The fourth-order valence-corrected chi connectivity index (χ4v) is 4.07. The molecular formula is C13H23N5O2S. The Labute approximate surface area is 125 Å². The predicted molar refractivity (Wildman–Crippen MR) is 84.0 cm³/mol. The fourth-order valence-electron chi connectivity index (χ4n) is 2.29. The lowest BCUT2D eigenvalue weighted by molar-refractivity contribution is 0.543. The minimum absolute atomic E-state index is 0.0525. The molecule has 3 N–H and O–H groups in total. The molecule has 2 rings (SSSR count). The van der Waals surface area contributed by atoms with E-state index >= 15 is 0 Å². The third-order valence-corrected chi connectivity index (χ3v) is 5.40. The molecule has 0 aliphatic carbocycles. The summed E-state index contributed by atoms with van der Waals surface area (Å²) in [5.41, 5.74) is 2.33. The summed E-state index contributed by atoms with van der Waals surface area (Å²) in [4.78, 5) is 10.8. The second-order valence-electron chi connectivity index (χ2n) is 6.50. The Morgan fingerprint density at radius 1 is 1.38 bits per heavy atom. The number of rotatable bonds is 3. The number of nitrogen functional groups attached to an aromatic ring is 1. The maximum atomic E-state index is 11.6. The number of hydrogen-bond donors (Lipinski definition) is 2. The second kappa shape index (κ2) is 5.42. The van der Waals surface area contributed by atoms with E-state index in [2.05, 4.69) is 15.4 Å². The van der Waals surface area contributed by atoms with Crippen LogP contribution < -0.4 is 16.2 Å². The lowest BCUT2D eigenvalue weighted by Crippen LogP contribution is -2.34. The van der Waals surface area contributed by atoms with Crippen LogP contribution in [0.25, 0.3) is 0 Å². The topological polar surface area (TPSA) is 101 Å². The van der Waals surface area contributed by atoms with E-state index in [1.165, 1.54) is 0 Å². The van der Waals surface area contributed by atoms with E-state index in [-0.39, 0.29) is 23.0 Å². The molecule has 1 saturated heterocycles. The van der Waals surface area contributed by atoms with Crippen LogP contribution in [0.5, 0.6) is 0 Å². The summed E-state index contributed by atoms with van der Waals surface area (Å²) in [5.74, 6) is 7.76. The van der Waals surface area contributed by atoms with Gasteiger partial charge in [0.2, 0.25) is 0 Å². The summed E-state index contributed by atoms with van der Waals surface area (Å²) in [6.45, 7) is 6.06. The highest BCUT2D eigenvalue weighted by molar-refractivity contribution is 7.91. The maximum absolute atomic E-state index is 11.6. The second-order valence-corrected chi connectivity index (χ2v) is 8.73. The average Bonchev–Trinajstić information content (AvgIpc) is 2.76. The Balaban J connectivity index is 2.35. The van der Waals surface area contributed by atoms with Gasteiger partial charge in [0.05, 0.1) is 11.5 Å². The highest BCUT2D eigenvalue weighted by atomic mass is 32.2. The Morgan fingerprint density at radius 2 is 2.05 bits per heavy atom. The first-order valence-electron chi connectivity index (χ1n) is 6.92. The molecular weight excluding hydrogens is 290 g/mol. The molecule has 118 valence electrons. The van der Waals surface area contributed by atoms with Crippen LogP contribution in [0.2, 0.25) is 0 Å². The van der Waals surface area contributed by atoms with Gasteiger partial charge in [0.15, 0.2) is 9.84 Å². The molecule has 1 fully saturated rings. The summed E-state index contributed by atoms with van der Waals surface area (Å²) >= 11 is 0. The van der Waals surface area contributed by atoms with Crippen LogP contribution in [-0.4, -0.2) is 43.0 Å². The first-order valence-corrected chi connectivity index (χ1v) is 8.74. The van der Waals surface area contributed by atoms with E-state index in [1.807, 2.05) is 32.7 Å². The summed E-state index contributed by atoms with van der Waals surface area (Å²) < 4.78 is 23.3. The number of sulfone groups is 1. The zero-order valence-electron chi connectivity index (χ0n) is 12.9. The third kappa shape index (κ3) is 3.62. The third-order valence-electron chi connectivity index (χ3n) is 3.65. The first-order chi connectivity index (χ1) is 9.62. The molecule has 0 aromatic carbocycles. The molecule has 1 aliphatic heterocycles. The Hall–Kier alpha value is -1.41. The molecule has 21 heavy (non-hydrogen) atoms. The Bertz CT molecular complexity index is 624. The normalized spacial score (nSPS) is 21.3. The Morgan fingerprint density at radius 3 is 2.52 bits per heavy atom. The van der Waals surface area contributed by atoms with Crippen LogP contribution in [-0.2, 0) is 15.3 Å². The van der Waals surface area contributed by atoms with Gasteiger partial charge >= 0.3 is 0 Å². The number of nitrogens with one attached hydrogen (secondary N) is 1. The van der Waals surface area contributed by atoms with Crippen LogP contribution in [0.3, 0.4) is 0 Å². The van der Waals surface area contributed by atoms with Crippen LogP contribution >= 0.6 is 0 Å². The largest absolute Gasteiger partial charge is 0.355 e. The molecule has 2 heterocycles. The minimum atomic E-state index is -2.93. The predicted octanol–water partition coefficient (Wildman–Crippen LogP) is 0.683. The lowest BCUT2D eigenvalue weighted by atomic mass is 9.96. The quantitative estimate of drug-likeness (QED) is 0.625. The van der Waals surface area contributed by atoms with Crippen molar-refractivity contribution < 1.29 is 8.42 Å². The minimum Gasteiger partial charge on any atom is -0.355 e. The molecule has 0 radical (unpaired) electrons. The maximum Gasteiger partial charge on any atom is 0.152 e. The summed E-state index contributed by atoms with van der Waals surface area (Å²) in [7, 11) is -1.07. The van der Waals surface area contributed by atoms with Crippen LogP contribution in [0.1, 0.15) is 33.0 Å². The SMILES string of the molecule is CN(c1cc(NN)nc(C(C)(C)C)n1)C1CCS(=O)(=O)C1. The summed E-state index contributed by atoms with van der Waals surface area (Å²) in [6.07, 6.45) is 0.624. The molecule has 1 aromatic heterocycles. The number of nitrogens with zero attached hydrogens (tertiary/aromatic N) is 3. The van der Waals surface area contributed by atoms with Crippen molar-refractivity contribution in [2.45, 2.75) is 38.6 Å². The van der Waals surface area contributed by atoms with Crippen molar-refractivity contribution in [3.63, 3.8) is 0 Å². The van der Waals surface area contributed by atoms with Crippen molar-refractivity contribution in [1.29, 1.82) is 0 Å². The molecule has 7 nitrogen and oxygen atoms in total. The number of hydrazine groups is 1. The smallest absolute Gasteiger partial charge is 0.152 e. The summed E-state index contributed by atoms with van der Waals surface area (Å²) in [5, 5.41) is 0. The van der Waals surface area contributed by atoms with Gasteiger partial charge in [-0.05, 0) is 6.42 Å². The van der Waals surface area contributed by atoms with E-state index in [4.69, 9.17) is 5.84 Å². The van der Waals surface area contributed by atoms with Gasteiger partial charge in [-0.1, -0.05) is 20.8 Å². The van der Waals surface area contributed by atoms with Gasteiger partial charge in [-0.3, -0.25) is 0 Å². The Kier molecular flexibility index (Phi) is 4.12. The zero-order chi connectivity index (χ0) is 15.8. The number of hydrogen-bond acceptors (Lipinski definition) is 7. The monoisotopic (exact) mass is 313 g/mol. The molecule has 0 bridgehead atoms. The van der Waals surface area contributed by atoms with E-state index < -0.39 is 9.84 Å². The molecule has 8 heteroatoms. The van der Waals surface area contributed by atoms with Crippen LogP contribution in [0.4, 0.5) is 11.6 Å². The van der Waals surface area contributed by atoms with Crippen molar-refractivity contribution in [2.75, 3.05) is 28.9 Å². The summed E-state index contributed by atoms with van der Waals surface area (Å²) in [6, 6.07) is 1.68. The zero-order valence-corrected chi connectivity index (χ0v) is 13.7. The van der Waals surface area contributed by atoms with Gasteiger partial charge in [-0.2, -0.15) is 0 Å². The van der Waals surface area contributed by atoms with Crippen molar-refractivity contribution >= 4 is 21.5 Å². The molecule has 0 spiro atoms. The number of anilines is 2. The van der Waals surface area contributed by atoms with E-state index in [0.717, 1.165) is 0 Å². The lowest BCUT2D eigenvalue weighted by Gasteiger charge is -2.27. The average molecular weight is 313 g/mol. The van der Waals surface area contributed by atoms with Crippen molar-refractivity contribution in [3.05, 3.63) is 11.9 Å². The van der Waals surface area contributed by atoms with Gasteiger partial charge in [0, 0.05) is 24.6 Å². The fraction of sp³-hybridized carbons (Fsp3) is 0.692. The van der Waals surface area contributed by atoms with Gasteiger partial charge in [-0.25, -0.2) is 24.2 Å². The first kappa shape index (κ1) is 16.0. The van der Waals surface area contributed by atoms with E-state index in [1.54, 1.807) is 6.07 Å². The van der Waals surface area contributed by atoms with Gasteiger partial charge in [0.1, 0.15) is 17.5 Å². The molecule has 0 saturated carbocycles. The standard InChI is InChI=1S/C13H23N5O2S/c1-13(2,3)12-15-10(17-14)7-11(16-12)18(4)9-5-6-21(19,20)8-9/h7,9H,5-6,8,14H2,1-4H3,(H,15,16,17). The van der Waals surface area contributed by atoms with Gasteiger partial charge in [0.25, 0.3) is 0 Å². The highest BCUT2D eigenvalue weighted by Gasteiger charge is 2.32. The van der Waals surface area contributed by atoms with E-state index in [9.17, 15) is 8.42 Å². The number of nitrogens with two attached hydrogens (primary N) is 1. The van der Waals surface area contributed by atoms with Crippen LogP contribution in [0, 0.1) is 0 Å². The van der Waals surface area contributed by atoms with Gasteiger partial charge < -0.3 is 10.3 Å². The molecule has 1 aromatic rings. The van der Waals surface area contributed by atoms with Crippen molar-refractivity contribution in [2.24, 2.45) is 5.84 Å². The van der Waals surface area contributed by atoms with Gasteiger partial charge in [-0.15, -0.1) is 0 Å². The van der Waals surface area contributed by atoms with Crippen molar-refractivity contribution in [1.82, 2.24) is 9.97 Å². The van der Waals surface area contributed by atoms with Crippen LogP contribution in [0.15, 0.2) is 6.07 Å². The molecule has 1 unspecified atom stereocenters. The molecule has 1 aliphatic rings. The van der Waals surface area contributed by atoms with E-state index in [0.29, 0.717) is 23.9 Å². The molecule has 1 atom stereocenters. The molecule has 0 amide bonds.